The van der Waals surface area contributed by atoms with Crippen molar-refractivity contribution < 1.29 is 33.3 Å². The van der Waals surface area contributed by atoms with Crippen LogP contribution >= 0.6 is 0 Å². The second-order valence-corrected chi connectivity index (χ2v) is 16.4. The number of hydrogen-bond donors (Lipinski definition) is 1. The number of ether oxygens (including phenoxy) is 3. The summed E-state index contributed by atoms with van der Waals surface area (Å²) in [6.07, 6.45) is 2.50. The zero-order valence-electron chi connectivity index (χ0n) is 26.9. The quantitative estimate of drug-likeness (QED) is 0.0608. The van der Waals surface area contributed by atoms with Crippen molar-refractivity contribution >= 4 is 30.4 Å². The van der Waals surface area contributed by atoms with Crippen molar-refractivity contribution in [2.45, 2.75) is 84.2 Å². The highest BCUT2D eigenvalue weighted by molar-refractivity contribution is 6.99. The molecule has 0 aliphatic heterocycles. The Morgan fingerprint density at radius 1 is 0.977 bits per heavy atom. The average Bonchev–Trinajstić information content (AvgIpc) is 2.97. The van der Waals surface area contributed by atoms with Gasteiger partial charge >= 0.3 is 5.97 Å². The Bertz CT molecular complexity index is 1130. The molecule has 0 saturated carbocycles. The van der Waals surface area contributed by atoms with E-state index in [-0.39, 0.29) is 24.4 Å². The van der Waals surface area contributed by atoms with Crippen LogP contribution in [0.15, 0.2) is 85.0 Å². The fourth-order valence-corrected chi connectivity index (χ4v) is 9.96. The van der Waals surface area contributed by atoms with Crippen LogP contribution in [0.1, 0.15) is 60.8 Å². The van der Waals surface area contributed by atoms with Gasteiger partial charge in [-0.25, -0.2) is 4.79 Å². The number of Topliss-reactive ketones (excluding diaryl/α,β-unsaturated/α-hetero) is 1. The van der Waals surface area contributed by atoms with Gasteiger partial charge in [0.2, 0.25) is 0 Å². The van der Waals surface area contributed by atoms with Crippen molar-refractivity contribution in [2.24, 2.45) is 5.92 Å². The minimum Gasteiger partial charge on any atom is -0.457 e. The Kier molecular flexibility index (Phi) is 14.7. The van der Waals surface area contributed by atoms with Crippen LogP contribution in [0.4, 0.5) is 0 Å². The summed E-state index contributed by atoms with van der Waals surface area (Å²) < 4.78 is 24.0. The standard InChI is InChI=1S/C35H50O7Si/c1-9-10-13-18-26(2)34(38)42-29(23-27(3)33(40-25-39-8)32(37)28(4)36)24-41-43(35(5,6)7,30-19-14-11-15-20-30)31-21-16-12-17-22-31/h9,11-12,14-22,27,29,32-33,37H,1,10,13,23-25H2,2-8H3/b26-18+/t27-,29-,32+,33+/m1/s1. The van der Waals surface area contributed by atoms with Gasteiger partial charge in [-0.05, 0) is 54.4 Å². The fraction of sp³-hybridized carbons (Fsp3) is 0.486. The van der Waals surface area contributed by atoms with E-state index in [9.17, 15) is 14.7 Å². The number of allylic oxidation sites excluding steroid dienone is 2. The predicted molar refractivity (Wildman–Crippen MR) is 174 cm³/mol. The van der Waals surface area contributed by atoms with Gasteiger partial charge in [-0.15, -0.1) is 6.58 Å². The Balaban J connectivity index is 2.52. The van der Waals surface area contributed by atoms with Crippen LogP contribution in [0.5, 0.6) is 0 Å². The molecule has 0 spiro atoms. The summed E-state index contributed by atoms with van der Waals surface area (Å²) in [5.74, 6) is -1.22. The Labute approximate surface area is 259 Å². The van der Waals surface area contributed by atoms with Crippen molar-refractivity contribution in [2.75, 3.05) is 20.5 Å². The van der Waals surface area contributed by atoms with Gasteiger partial charge in [0.1, 0.15) is 19.0 Å². The van der Waals surface area contributed by atoms with Crippen LogP contribution in [0.2, 0.25) is 5.04 Å². The van der Waals surface area contributed by atoms with Crippen LogP contribution in [-0.4, -0.2) is 64.0 Å². The van der Waals surface area contributed by atoms with Gasteiger partial charge in [0.05, 0.1) is 12.7 Å². The molecule has 2 aromatic rings. The number of methoxy groups -OCH3 is 1. The summed E-state index contributed by atoms with van der Waals surface area (Å²) in [6.45, 7) is 15.3. The molecule has 0 fully saturated rings. The topological polar surface area (TPSA) is 91.3 Å². The number of rotatable bonds is 18. The van der Waals surface area contributed by atoms with E-state index >= 15 is 0 Å². The molecule has 4 atom stereocenters. The number of ketones is 1. The van der Waals surface area contributed by atoms with E-state index in [4.69, 9.17) is 18.6 Å². The van der Waals surface area contributed by atoms with E-state index in [0.717, 1.165) is 16.8 Å². The molecule has 0 aliphatic rings. The first-order valence-corrected chi connectivity index (χ1v) is 16.8. The Hall–Kier alpha value is -2.88. The van der Waals surface area contributed by atoms with Gasteiger partial charge in [-0.2, -0.15) is 0 Å². The molecule has 1 N–H and O–H groups in total. The third kappa shape index (κ3) is 10.1. The minimum atomic E-state index is -2.93. The lowest BCUT2D eigenvalue weighted by Crippen LogP contribution is -2.67. The molecular weight excluding hydrogens is 560 g/mol. The Morgan fingerprint density at radius 3 is 2.00 bits per heavy atom. The van der Waals surface area contributed by atoms with Crippen LogP contribution in [0.25, 0.3) is 0 Å². The molecular formula is C35H50O7Si. The number of hydrogen-bond acceptors (Lipinski definition) is 7. The molecule has 0 aromatic heterocycles. The second kappa shape index (κ2) is 17.4. The zero-order valence-corrected chi connectivity index (χ0v) is 27.9. The highest BCUT2D eigenvalue weighted by Crippen LogP contribution is 2.37. The molecule has 0 heterocycles. The lowest BCUT2D eigenvalue weighted by atomic mass is 9.92. The number of carbonyl (C=O) groups excluding carboxylic acids is 2. The summed E-state index contributed by atoms with van der Waals surface area (Å²) in [6, 6.07) is 20.5. The second-order valence-electron chi connectivity index (χ2n) is 12.1. The predicted octanol–water partition coefficient (Wildman–Crippen LogP) is 5.35. The maximum atomic E-state index is 13.3. The number of unbranched alkanes of at least 4 members (excludes halogenated alkanes) is 1. The minimum absolute atomic E-state index is 0.0898. The highest BCUT2D eigenvalue weighted by atomic mass is 28.4. The molecule has 8 heteroatoms. The molecule has 0 aliphatic carbocycles. The maximum absolute atomic E-state index is 13.3. The molecule has 0 amide bonds. The monoisotopic (exact) mass is 610 g/mol. The van der Waals surface area contributed by atoms with Gasteiger partial charge in [0, 0.05) is 12.7 Å². The molecule has 0 saturated heterocycles. The van der Waals surface area contributed by atoms with Gasteiger partial charge in [0.25, 0.3) is 8.32 Å². The first-order chi connectivity index (χ1) is 20.4. The molecule has 2 aromatic carbocycles. The fourth-order valence-electron chi connectivity index (χ4n) is 5.37. The SMILES string of the molecule is C=CCC/C=C(\C)C(=O)O[C@@H](CO[Si](c1ccccc1)(c1ccccc1)C(C)(C)C)C[C@@H](C)[C@H](OCOC)[C@@H](O)C(C)=O. The Morgan fingerprint density at radius 2 is 1.53 bits per heavy atom. The highest BCUT2D eigenvalue weighted by Gasteiger charge is 2.50. The summed E-state index contributed by atoms with van der Waals surface area (Å²) in [5.41, 5.74) is 0.501. The van der Waals surface area contributed by atoms with E-state index in [1.54, 1.807) is 13.0 Å². The molecule has 236 valence electrons. The summed E-state index contributed by atoms with van der Waals surface area (Å²) >= 11 is 0. The number of aliphatic hydroxyl groups excluding tert-OH is 1. The lowest BCUT2D eigenvalue weighted by Gasteiger charge is -2.43. The first kappa shape index (κ1) is 36.3. The summed E-state index contributed by atoms with van der Waals surface area (Å²) in [4.78, 5) is 25.4. The van der Waals surface area contributed by atoms with E-state index in [1.165, 1.54) is 14.0 Å². The van der Waals surface area contributed by atoms with Crippen molar-refractivity contribution in [3.63, 3.8) is 0 Å². The number of benzene rings is 2. The van der Waals surface area contributed by atoms with E-state index in [0.29, 0.717) is 18.4 Å². The first-order valence-electron chi connectivity index (χ1n) is 14.9. The van der Waals surface area contributed by atoms with Crippen molar-refractivity contribution in [1.29, 1.82) is 0 Å². The van der Waals surface area contributed by atoms with Gasteiger partial charge in [-0.1, -0.05) is 101 Å². The largest absolute Gasteiger partial charge is 0.457 e. The van der Waals surface area contributed by atoms with Crippen molar-refractivity contribution in [3.8, 4) is 0 Å². The van der Waals surface area contributed by atoms with E-state index < -0.39 is 38.4 Å². The third-order valence-electron chi connectivity index (χ3n) is 7.62. The van der Waals surface area contributed by atoms with Crippen LogP contribution in [0, 0.1) is 5.92 Å². The average molecular weight is 611 g/mol. The number of aliphatic hydroxyl groups is 1. The normalized spacial score (nSPS) is 15.3. The summed E-state index contributed by atoms with van der Waals surface area (Å²) in [5, 5.41) is 12.6. The van der Waals surface area contributed by atoms with Crippen LogP contribution < -0.4 is 10.4 Å². The molecule has 7 nitrogen and oxygen atoms in total. The van der Waals surface area contributed by atoms with Crippen LogP contribution in [-0.2, 0) is 28.2 Å². The van der Waals surface area contributed by atoms with Gasteiger partial charge in [-0.3, -0.25) is 4.79 Å². The zero-order chi connectivity index (χ0) is 32.0. The molecule has 0 radical (unpaired) electrons. The molecule has 0 unspecified atom stereocenters. The smallest absolute Gasteiger partial charge is 0.333 e. The van der Waals surface area contributed by atoms with Gasteiger partial charge < -0.3 is 23.7 Å². The molecule has 43 heavy (non-hydrogen) atoms. The molecule has 2 rings (SSSR count). The number of carbonyl (C=O) groups is 2. The van der Waals surface area contributed by atoms with E-state index in [2.05, 4.69) is 51.6 Å². The van der Waals surface area contributed by atoms with Crippen molar-refractivity contribution in [1.82, 2.24) is 0 Å². The lowest BCUT2D eigenvalue weighted by molar-refractivity contribution is -0.159. The maximum Gasteiger partial charge on any atom is 0.333 e. The van der Waals surface area contributed by atoms with Gasteiger partial charge in [0.15, 0.2) is 5.78 Å². The third-order valence-corrected chi connectivity index (χ3v) is 12.6. The number of esters is 1. The molecule has 0 bridgehead atoms. The van der Waals surface area contributed by atoms with Crippen molar-refractivity contribution in [3.05, 3.63) is 85.0 Å². The summed E-state index contributed by atoms with van der Waals surface area (Å²) in [7, 11) is -1.45. The van der Waals surface area contributed by atoms with Crippen LogP contribution in [0.3, 0.4) is 0 Å². The van der Waals surface area contributed by atoms with E-state index in [1.807, 2.05) is 49.4 Å².